The van der Waals surface area contributed by atoms with Crippen molar-refractivity contribution in [3.05, 3.63) is 70.8 Å². The molecule has 0 saturated heterocycles. The molecular weight excluding hydrogens is 260 g/mol. The summed E-state index contributed by atoms with van der Waals surface area (Å²) in [4.78, 5) is 0. The molecule has 2 aromatic carbocycles. The summed E-state index contributed by atoms with van der Waals surface area (Å²) in [6.45, 7) is 1.84. The van der Waals surface area contributed by atoms with E-state index in [1.807, 2.05) is 0 Å². The largest absolute Gasteiger partial charge is 0.388 e. The zero-order valence-corrected chi connectivity index (χ0v) is 11.2. The molecule has 0 saturated carbocycles. The van der Waals surface area contributed by atoms with Gasteiger partial charge in [0, 0.05) is 12.5 Å². The van der Waals surface area contributed by atoms with Gasteiger partial charge in [-0.15, -0.1) is 0 Å². The zero-order chi connectivity index (χ0) is 14.7. The molecular formula is C16H17F2NO. The summed E-state index contributed by atoms with van der Waals surface area (Å²) in [5.41, 5.74) is 7.20. The molecule has 0 amide bonds. The van der Waals surface area contributed by atoms with Crippen molar-refractivity contribution in [1.29, 1.82) is 0 Å². The highest BCUT2D eigenvalue weighted by Gasteiger charge is 2.25. The van der Waals surface area contributed by atoms with Crippen LogP contribution in [0, 0.1) is 18.6 Å². The van der Waals surface area contributed by atoms with E-state index in [-0.39, 0.29) is 6.54 Å². The van der Waals surface area contributed by atoms with Crippen LogP contribution in [0.3, 0.4) is 0 Å². The Labute approximate surface area is 116 Å². The first-order valence-corrected chi connectivity index (χ1v) is 6.43. The van der Waals surface area contributed by atoms with E-state index in [0.717, 1.165) is 5.56 Å². The minimum absolute atomic E-state index is 0.0675. The van der Waals surface area contributed by atoms with E-state index in [9.17, 15) is 13.9 Å². The number of hydrogen-bond donors (Lipinski definition) is 2. The molecule has 2 aromatic rings. The van der Waals surface area contributed by atoms with Gasteiger partial charge in [0.05, 0.1) is 6.10 Å². The smallest absolute Gasteiger partial charge is 0.126 e. The lowest BCUT2D eigenvalue weighted by atomic mass is 9.87. The molecule has 3 N–H and O–H groups in total. The molecule has 0 aliphatic heterocycles. The summed E-state index contributed by atoms with van der Waals surface area (Å²) in [6.07, 6.45) is -1.05. The van der Waals surface area contributed by atoms with Crippen molar-refractivity contribution in [2.45, 2.75) is 18.9 Å². The summed E-state index contributed by atoms with van der Waals surface area (Å²) in [5, 5.41) is 10.5. The monoisotopic (exact) mass is 277 g/mol. The topological polar surface area (TPSA) is 46.2 Å². The molecule has 20 heavy (non-hydrogen) atoms. The molecule has 0 aromatic heterocycles. The SMILES string of the molecule is Cc1ccc(F)cc1C(O)C(CN)c1ccccc1F. The second-order valence-electron chi connectivity index (χ2n) is 4.81. The average Bonchev–Trinajstić information content (AvgIpc) is 2.44. The van der Waals surface area contributed by atoms with Crippen molar-refractivity contribution >= 4 is 0 Å². The molecule has 2 nitrogen and oxygen atoms in total. The standard InChI is InChI=1S/C16H17F2NO/c1-10-6-7-11(17)8-13(10)16(20)14(9-19)12-4-2-3-5-15(12)18/h2-8,14,16,20H,9,19H2,1H3. The Hall–Kier alpha value is -1.78. The number of hydrogen-bond acceptors (Lipinski definition) is 2. The normalized spacial score (nSPS) is 14.1. The number of aliphatic hydroxyl groups excluding tert-OH is 1. The number of aliphatic hydroxyl groups is 1. The van der Waals surface area contributed by atoms with E-state index >= 15 is 0 Å². The Morgan fingerprint density at radius 1 is 1.10 bits per heavy atom. The minimum Gasteiger partial charge on any atom is -0.388 e. The second kappa shape index (κ2) is 6.11. The van der Waals surface area contributed by atoms with Crippen molar-refractivity contribution in [3.63, 3.8) is 0 Å². The van der Waals surface area contributed by atoms with Crippen LogP contribution in [-0.4, -0.2) is 11.7 Å². The Balaban J connectivity index is 2.41. The summed E-state index contributed by atoms with van der Waals surface area (Å²) >= 11 is 0. The van der Waals surface area contributed by atoms with Gasteiger partial charge >= 0.3 is 0 Å². The number of benzene rings is 2. The first kappa shape index (κ1) is 14.6. The molecule has 0 bridgehead atoms. The molecule has 106 valence electrons. The van der Waals surface area contributed by atoms with Gasteiger partial charge in [0.25, 0.3) is 0 Å². The maximum atomic E-state index is 13.8. The first-order valence-electron chi connectivity index (χ1n) is 6.43. The number of halogens is 2. The van der Waals surface area contributed by atoms with Gasteiger partial charge < -0.3 is 10.8 Å². The molecule has 0 spiro atoms. The molecule has 2 atom stereocenters. The Bertz CT molecular complexity index is 601. The average molecular weight is 277 g/mol. The van der Waals surface area contributed by atoms with Crippen LogP contribution in [0.5, 0.6) is 0 Å². The number of rotatable bonds is 4. The lowest BCUT2D eigenvalue weighted by Gasteiger charge is -2.24. The maximum Gasteiger partial charge on any atom is 0.126 e. The first-order chi connectivity index (χ1) is 9.54. The highest BCUT2D eigenvalue weighted by Crippen LogP contribution is 2.33. The molecule has 4 heteroatoms. The van der Waals surface area contributed by atoms with Crippen LogP contribution >= 0.6 is 0 Å². The van der Waals surface area contributed by atoms with E-state index in [1.165, 1.54) is 18.2 Å². The van der Waals surface area contributed by atoms with Crippen molar-refractivity contribution in [3.8, 4) is 0 Å². The Morgan fingerprint density at radius 3 is 2.45 bits per heavy atom. The molecule has 0 radical (unpaired) electrons. The summed E-state index contributed by atoms with van der Waals surface area (Å²) in [6, 6.07) is 10.4. The van der Waals surface area contributed by atoms with Gasteiger partial charge in [-0.3, -0.25) is 0 Å². The predicted molar refractivity (Wildman–Crippen MR) is 74.3 cm³/mol. The number of nitrogens with two attached hydrogens (primary N) is 1. The third-order valence-electron chi connectivity index (χ3n) is 3.50. The van der Waals surface area contributed by atoms with Gasteiger partial charge in [-0.2, -0.15) is 0 Å². The fourth-order valence-corrected chi connectivity index (χ4v) is 2.35. The van der Waals surface area contributed by atoms with Gasteiger partial charge in [0.15, 0.2) is 0 Å². The minimum atomic E-state index is -1.05. The van der Waals surface area contributed by atoms with Crippen LogP contribution in [0.1, 0.15) is 28.7 Å². The summed E-state index contributed by atoms with van der Waals surface area (Å²) in [5.74, 6) is -1.47. The lowest BCUT2D eigenvalue weighted by molar-refractivity contribution is 0.144. The van der Waals surface area contributed by atoms with Crippen LogP contribution < -0.4 is 5.73 Å². The molecule has 0 heterocycles. The summed E-state index contributed by atoms with van der Waals surface area (Å²) in [7, 11) is 0. The Morgan fingerprint density at radius 2 is 1.80 bits per heavy atom. The maximum absolute atomic E-state index is 13.8. The van der Waals surface area contributed by atoms with E-state index in [4.69, 9.17) is 5.73 Å². The van der Waals surface area contributed by atoms with E-state index in [1.54, 1.807) is 31.2 Å². The van der Waals surface area contributed by atoms with Crippen molar-refractivity contribution in [2.24, 2.45) is 5.73 Å². The van der Waals surface area contributed by atoms with Crippen LogP contribution in [0.2, 0.25) is 0 Å². The quantitative estimate of drug-likeness (QED) is 0.902. The van der Waals surface area contributed by atoms with E-state index < -0.39 is 23.7 Å². The van der Waals surface area contributed by atoms with E-state index in [2.05, 4.69) is 0 Å². The van der Waals surface area contributed by atoms with Crippen LogP contribution in [-0.2, 0) is 0 Å². The van der Waals surface area contributed by atoms with Gasteiger partial charge in [0.2, 0.25) is 0 Å². The zero-order valence-electron chi connectivity index (χ0n) is 11.2. The molecule has 2 rings (SSSR count). The predicted octanol–water partition coefficient (Wildman–Crippen LogP) is 3.05. The van der Waals surface area contributed by atoms with Gasteiger partial charge in [-0.05, 0) is 41.8 Å². The van der Waals surface area contributed by atoms with Crippen LogP contribution in [0.15, 0.2) is 42.5 Å². The van der Waals surface area contributed by atoms with Crippen LogP contribution in [0.25, 0.3) is 0 Å². The van der Waals surface area contributed by atoms with Crippen molar-refractivity contribution in [2.75, 3.05) is 6.54 Å². The summed E-state index contributed by atoms with van der Waals surface area (Å²) < 4.78 is 27.2. The van der Waals surface area contributed by atoms with Crippen LogP contribution in [0.4, 0.5) is 8.78 Å². The van der Waals surface area contributed by atoms with E-state index in [0.29, 0.717) is 11.1 Å². The fourth-order valence-electron chi connectivity index (χ4n) is 2.35. The van der Waals surface area contributed by atoms with Gasteiger partial charge in [0.1, 0.15) is 11.6 Å². The molecule has 2 unspecified atom stereocenters. The highest BCUT2D eigenvalue weighted by molar-refractivity contribution is 5.33. The third-order valence-corrected chi connectivity index (χ3v) is 3.50. The second-order valence-corrected chi connectivity index (χ2v) is 4.81. The highest BCUT2D eigenvalue weighted by atomic mass is 19.1. The van der Waals surface area contributed by atoms with Gasteiger partial charge in [-0.25, -0.2) is 8.78 Å². The number of aryl methyl sites for hydroxylation is 1. The van der Waals surface area contributed by atoms with Crippen molar-refractivity contribution < 1.29 is 13.9 Å². The molecule has 0 aliphatic carbocycles. The Kier molecular flexibility index (Phi) is 4.47. The fraction of sp³-hybridized carbons (Fsp3) is 0.250. The third kappa shape index (κ3) is 2.86. The van der Waals surface area contributed by atoms with Crippen molar-refractivity contribution in [1.82, 2.24) is 0 Å². The lowest BCUT2D eigenvalue weighted by Crippen LogP contribution is -2.22. The molecule has 0 aliphatic rings. The molecule has 0 fully saturated rings. The van der Waals surface area contributed by atoms with Gasteiger partial charge in [-0.1, -0.05) is 24.3 Å².